The van der Waals surface area contributed by atoms with Gasteiger partial charge in [-0.2, -0.15) is 0 Å². The second-order valence-electron chi connectivity index (χ2n) is 9.65. The van der Waals surface area contributed by atoms with Crippen LogP contribution in [0.2, 0.25) is 5.02 Å². The molecule has 0 aromatic heterocycles. The van der Waals surface area contributed by atoms with Gasteiger partial charge >= 0.3 is 5.97 Å². The van der Waals surface area contributed by atoms with Crippen LogP contribution >= 0.6 is 11.6 Å². The minimum absolute atomic E-state index is 0.0184. The molecule has 1 aliphatic carbocycles. The van der Waals surface area contributed by atoms with Crippen LogP contribution in [0.25, 0.3) is 0 Å². The summed E-state index contributed by atoms with van der Waals surface area (Å²) in [5, 5.41) is 3.88. The number of methoxy groups -OCH3 is 2. The van der Waals surface area contributed by atoms with Crippen molar-refractivity contribution < 1.29 is 23.8 Å². The first-order chi connectivity index (χ1) is 17.2. The number of benzene rings is 2. The van der Waals surface area contributed by atoms with Gasteiger partial charge in [0.1, 0.15) is 0 Å². The molecule has 1 N–H and O–H groups in total. The molecule has 0 amide bonds. The molecule has 2 atom stereocenters. The van der Waals surface area contributed by atoms with Crippen molar-refractivity contribution in [2.75, 3.05) is 20.8 Å². The lowest BCUT2D eigenvalue weighted by molar-refractivity contribution is -0.140. The van der Waals surface area contributed by atoms with E-state index in [2.05, 4.69) is 5.32 Å². The molecule has 6 nitrogen and oxygen atoms in total. The summed E-state index contributed by atoms with van der Waals surface area (Å²) < 4.78 is 16.5. The van der Waals surface area contributed by atoms with E-state index in [0.29, 0.717) is 52.8 Å². The van der Waals surface area contributed by atoms with Crippen LogP contribution in [-0.2, 0) is 14.3 Å². The number of carbonyl (C=O) groups excluding carboxylic acids is 2. The number of carbonyl (C=O) groups is 2. The van der Waals surface area contributed by atoms with Gasteiger partial charge in [0, 0.05) is 34.3 Å². The van der Waals surface area contributed by atoms with E-state index >= 15 is 0 Å². The lowest BCUT2D eigenvalue weighted by Crippen LogP contribution is -2.36. The Kier molecular flexibility index (Phi) is 7.74. The molecule has 0 saturated heterocycles. The van der Waals surface area contributed by atoms with Crippen LogP contribution in [0.5, 0.6) is 11.5 Å². The van der Waals surface area contributed by atoms with E-state index in [9.17, 15) is 9.59 Å². The number of ether oxygens (including phenoxy) is 3. The number of nitrogens with one attached hydrogen (secondary N) is 1. The molecule has 1 aliphatic heterocycles. The van der Waals surface area contributed by atoms with Crippen molar-refractivity contribution in [3.05, 3.63) is 81.2 Å². The fourth-order valence-electron chi connectivity index (χ4n) is 4.99. The summed E-state index contributed by atoms with van der Waals surface area (Å²) in [6, 6.07) is 13.1. The van der Waals surface area contributed by atoms with Gasteiger partial charge in [-0.3, -0.25) is 4.79 Å². The number of Topliss-reactive ketones (excluding diaryl/α,β-unsaturated/α-hetero) is 1. The van der Waals surface area contributed by atoms with Crippen LogP contribution in [0.4, 0.5) is 0 Å². The summed E-state index contributed by atoms with van der Waals surface area (Å²) in [6.07, 6.45) is 0.924. The number of hydrogen-bond donors (Lipinski definition) is 1. The highest BCUT2D eigenvalue weighted by Gasteiger charge is 2.42. The molecule has 0 spiro atoms. The van der Waals surface area contributed by atoms with Crippen molar-refractivity contribution in [2.24, 2.45) is 5.92 Å². The minimum Gasteiger partial charge on any atom is -0.493 e. The molecule has 2 aliphatic rings. The molecule has 1 heterocycles. The highest BCUT2D eigenvalue weighted by molar-refractivity contribution is 6.31. The lowest BCUT2D eigenvalue weighted by Gasteiger charge is -2.37. The average molecular weight is 510 g/mol. The zero-order valence-corrected chi connectivity index (χ0v) is 22.1. The SMILES string of the molecule is COc1ccc([C@@H]2CC(=O)C3=C(C2)NC(C)=C(C(=O)OCC(C)C)[C@H]3c2ccccc2Cl)cc1OC. The first kappa shape index (κ1) is 25.8. The monoisotopic (exact) mass is 509 g/mol. The maximum absolute atomic E-state index is 13.8. The van der Waals surface area contributed by atoms with Crippen LogP contribution in [0, 0.1) is 5.92 Å². The molecule has 2 aromatic rings. The lowest BCUT2D eigenvalue weighted by atomic mass is 9.71. The van der Waals surface area contributed by atoms with E-state index in [1.54, 1.807) is 20.3 Å². The van der Waals surface area contributed by atoms with Gasteiger partial charge in [0.05, 0.1) is 26.4 Å². The third-order valence-corrected chi connectivity index (χ3v) is 7.03. The fraction of sp³-hybridized carbons (Fsp3) is 0.379. The molecular weight excluding hydrogens is 478 g/mol. The molecule has 36 heavy (non-hydrogen) atoms. The second-order valence-corrected chi connectivity index (χ2v) is 10.1. The van der Waals surface area contributed by atoms with Gasteiger partial charge in [-0.1, -0.05) is 49.7 Å². The van der Waals surface area contributed by atoms with Gasteiger partial charge < -0.3 is 19.5 Å². The molecule has 4 rings (SSSR count). The van der Waals surface area contributed by atoms with Gasteiger partial charge in [-0.05, 0) is 54.5 Å². The third kappa shape index (κ3) is 5.00. The van der Waals surface area contributed by atoms with E-state index in [1.165, 1.54) is 0 Å². The molecule has 7 heteroatoms. The molecule has 0 unspecified atom stereocenters. The fourth-order valence-corrected chi connectivity index (χ4v) is 5.24. The molecule has 0 radical (unpaired) electrons. The Morgan fingerprint density at radius 2 is 1.81 bits per heavy atom. The van der Waals surface area contributed by atoms with Gasteiger partial charge in [-0.15, -0.1) is 0 Å². The third-order valence-electron chi connectivity index (χ3n) is 6.69. The van der Waals surface area contributed by atoms with Gasteiger partial charge in [0.25, 0.3) is 0 Å². The van der Waals surface area contributed by atoms with E-state index < -0.39 is 11.9 Å². The summed E-state index contributed by atoms with van der Waals surface area (Å²) in [6.45, 7) is 6.12. The van der Waals surface area contributed by atoms with Crippen LogP contribution in [0.1, 0.15) is 56.6 Å². The molecular formula is C29H32ClNO5. The summed E-state index contributed by atoms with van der Waals surface area (Å²) in [5.41, 5.74) is 4.22. The standard InChI is InChI=1S/C29H32ClNO5/c1-16(2)15-36-29(33)26-17(3)31-22-12-19(18-10-11-24(34-4)25(14-18)35-5)13-23(32)28(22)27(26)20-8-6-7-9-21(20)30/h6-11,14,16,19,27,31H,12-13,15H2,1-5H3/t19-,27+/m0/s1. The normalized spacial score (nSPS) is 19.7. The van der Waals surface area contributed by atoms with E-state index in [4.69, 9.17) is 25.8 Å². The average Bonchev–Trinajstić information content (AvgIpc) is 2.86. The summed E-state index contributed by atoms with van der Waals surface area (Å²) in [7, 11) is 3.19. The Bertz CT molecular complexity index is 1250. The van der Waals surface area contributed by atoms with Crippen LogP contribution in [0.3, 0.4) is 0 Å². The van der Waals surface area contributed by atoms with Crippen molar-refractivity contribution in [2.45, 2.75) is 45.4 Å². The number of rotatable bonds is 7. The van der Waals surface area contributed by atoms with E-state index in [-0.39, 0.29) is 17.6 Å². The van der Waals surface area contributed by atoms with Crippen molar-refractivity contribution in [1.82, 2.24) is 5.32 Å². The predicted molar refractivity (Wildman–Crippen MR) is 139 cm³/mol. The van der Waals surface area contributed by atoms with Crippen molar-refractivity contribution in [3.8, 4) is 11.5 Å². The zero-order chi connectivity index (χ0) is 26.0. The Balaban J connectivity index is 1.76. The molecule has 0 bridgehead atoms. The van der Waals surface area contributed by atoms with Crippen molar-refractivity contribution in [3.63, 3.8) is 0 Å². The topological polar surface area (TPSA) is 73.9 Å². The highest BCUT2D eigenvalue weighted by atomic mass is 35.5. The minimum atomic E-state index is -0.589. The van der Waals surface area contributed by atoms with Gasteiger partial charge in [0.15, 0.2) is 17.3 Å². The Morgan fingerprint density at radius 1 is 1.08 bits per heavy atom. The smallest absolute Gasteiger partial charge is 0.336 e. The van der Waals surface area contributed by atoms with Crippen LogP contribution < -0.4 is 14.8 Å². The Labute approximate surface area is 217 Å². The first-order valence-electron chi connectivity index (χ1n) is 12.1. The number of dihydropyridines is 1. The summed E-state index contributed by atoms with van der Waals surface area (Å²) in [5.74, 6) is 0.375. The number of halogens is 1. The highest BCUT2D eigenvalue weighted by Crippen LogP contribution is 2.47. The maximum Gasteiger partial charge on any atom is 0.336 e. The molecule has 2 aromatic carbocycles. The number of ketones is 1. The number of esters is 1. The number of hydrogen-bond acceptors (Lipinski definition) is 6. The van der Waals surface area contributed by atoms with E-state index in [1.807, 2.05) is 57.2 Å². The first-order valence-corrected chi connectivity index (χ1v) is 12.5. The largest absolute Gasteiger partial charge is 0.493 e. The quantitative estimate of drug-likeness (QED) is 0.467. The van der Waals surface area contributed by atoms with Crippen LogP contribution in [-0.4, -0.2) is 32.6 Å². The number of allylic oxidation sites excluding steroid dienone is 3. The molecule has 190 valence electrons. The van der Waals surface area contributed by atoms with Crippen LogP contribution in [0.15, 0.2) is 65.0 Å². The van der Waals surface area contributed by atoms with Gasteiger partial charge in [-0.25, -0.2) is 4.79 Å². The maximum atomic E-state index is 13.8. The predicted octanol–water partition coefficient (Wildman–Crippen LogP) is 5.92. The zero-order valence-electron chi connectivity index (χ0n) is 21.3. The van der Waals surface area contributed by atoms with Crippen molar-refractivity contribution >= 4 is 23.4 Å². The summed E-state index contributed by atoms with van der Waals surface area (Å²) >= 11 is 6.61. The summed E-state index contributed by atoms with van der Waals surface area (Å²) in [4.78, 5) is 27.0. The van der Waals surface area contributed by atoms with Crippen molar-refractivity contribution in [1.29, 1.82) is 0 Å². The van der Waals surface area contributed by atoms with Gasteiger partial charge in [0.2, 0.25) is 0 Å². The molecule has 0 fully saturated rings. The Morgan fingerprint density at radius 3 is 2.47 bits per heavy atom. The molecule has 0 saturated carbocycles. The second kappa shape index (κ2) is 10.8. The van der Waals surface area contributed by atoms with E-state index in [0.717, 1.165) is 16.8 Å². The Hall–Kier alpha value is -3.25.